The number of aromatic nitrogens is 3. The van der Waals surface area contributed by atoms with Crippen LogP contribution >= 0.6 is 0 Å². The number of aliphatic hydroxyl groups excluding tert-OH is 1. The van der Waals surface area contributed by atoms with Crippen LogP contribution in [-0.2, 0) is 28.9 Å². The van der Waals surface area contributed by atoms with Crippen molar-refractivity contribution in [3.05, 3.63) is 76.0 Å². The lowest BCUT2D eigenvalue weighted by molar-refractivity contribution is -0.102. The maximum Gasteiger partial charge on any atom is 0.351 e. The second kappa shape index (κ2) is 9.82. The van der Waals surface area contributed by atoms with Crippen LogP contribution in [0.4, 0.5) is 0 Å². The Morgan fingerprint density at radius 3 is 3.00 bits per heavy atom. The first-order valence-corrected chi connectivity index (χ1v) is 11.3. The summed E-state index contributed by atoms with van der Waals surface area (Å²) in [5.41, 5.74) is 4.69. The summed E-state index contributed by atoms with van der Waals surface area (Å²) in [6, 6.07) is 11.8. The summed E-state index contributed by atoms with van der Waals surface area (Å²) in [6.07, 6.45) is 4.84. The highest BCUT2D eigenvalue weighted by Crippen LogP contribution is 2.31. The topological polar surface area (TPSA) is 95.7 Å². The lowest BCUT2D eigenvalue weighted by Crippen LogP contribution is -2.34. The fraction of sp³-hybridized carbons (Fsp3) is 0.400. The molecule has 4 heterocycles. The highest BCUT2D eigenvalue weighted by atomic mass is 16.6. The molecule has 8 nitrogen and oxygen atoms in total. The zero-order chi connectivity index (χ0) is 22.6. The SMILES string of the molecule is O=c1nc(OCC2COCCO2)cc2n1CCc1cc(CCC(O)c3cccnc3)ccc1-2. The first kappa shape index (κ1) is 21.8. The van der Waals surface area contributed by atoms with Crippen molar-refractivity contribution in [2.45, 2.75) is 38.0 Å². The molecule has 0 amide bonds. The van der Waals surface area contributed by atoms with Gasteiger partial charge in [0, 0.05) is 30.6 Å². The average Bonchev–Trinajstić information content (AvgIpc) is 2.87. The smallest absolute Gasteiger partial charge is 0.351 e. The summed E-state index contributed by atoms with van der Waals surface area (Å²) in [7, 11) is 0. The van der Waals surface area contributed by atoms with Crippen LogP contribution in [-0.4, -0.2) is 52.2 Å². The minimum absolute atomic E-state index is 0.156. The van der Waals surface area contributed by atoms with E-state index in [2.05, 4.69) is 22.1 Å². The zero-order valence-electron chi connectivity index (χ0n) is 18.4. The third-order valence-corrected chi connectivity index (χ3v) is 6.12. The van der Waals surface area contributed by atoms with Crippen LogP contribution < -0.4 is 10.4 Å². The molecular formula is C25H27N3O5. The van der Waals surface area contributed by atoms with Gasteiger partial charge in [-0.15, -0.1) is 0 Å². The first-order valence-electron chi connectivity index (χ1n) is 11.3. The molecule has 0 radical (unpaired) electrons. The maximum absolute atomic E-state index is 12.6. The molecule has 0 saturated carbocycles. The Labute approximate surface area is 191 Å². The molecule has 2 aliphatic heterocycles. The number of aliphatic hydroxyl groups is 1. The summed E-state index contributed by atoms with van der Waals surface area (Å²) >= 11 is 0. The van der Waals surface area contributed by atoms with E-state index in [4.69, 9.17) is 14.2 Å². The van der Waals surface area contributed by atoms with E-state index in [0.717, 1.165) is 35.2 Å². The molecule has 33 heavy (non-hydrogen) atoms. The molecule has 1 aromatic carbocycles. The third-order valence-electron chi connectivity index (χ3n) is 6.12. The molecule has 8 heteroatoms. The number of hydrogen-bond donors (Lipinski definition) is 1. The van der Waals surface area contributed by atoms with Gasteiger partial charge >= 0.3 is 5.69 Å². The van der Waals surface area contributed by atoms with Crippen molar-refractivity contribution < 1.29 is 19.3 Å². The fourth-order valence-electron chi connectivity index (χ4n) is 4.34. The van der Waals surface area contributed by atoms with Crippen molar-refractivity contribution in [2.24, 2.45) is 0 Å². The highest BCUT2D eigenvalue weighted by Gasteiger charge is 2.21. The Hall–Kier alpha value is -3.07. The molecule has 1 saturated heterocycles. The van der Waals surface area contributed by atoms with Crippen molar-refractivity contribution in [1.82, 2.24) is 14.5 Å². The second-order valence-electron chi connectivity index (χ2n) is 8.37. The Morgan fingerprint density at radius 1 is 1.24 bits per heavy atom. The molecule has 2 atom stereocenters. The van der Waals surface area contributed by atoms with E-state index in [9.17, 15) is 9.90 Å². The van der Waals surface area contributed by atoms with Crippen molar-refractivity contribution in [2.75, 3.05) is 26.4 Å². The predicted molar refractivity (Wildman–Crippen MR) is 121 cm³/mol. The normalized spacial score (nSPS) is 18.3. The number of fused-ring (bicyclic) bond motifs is 3. The van der Waals surface area contributed by atoms with Gasteiger partial charge in [-0.05, 0) is 42.0 Å². The van der Waals surface area contributed by atoms with Crippen LogP contribution in [0, 0.1) is 0 Å². The molecule has 2 aliphatic rings. The van der Waals surface area contributed by atoms with Crippen molar-refractivity contribution >= 4 is 0 Å². The lowest BCUT2D eigenvalue weighted by atomic mass is 9.93. The second-order valence-corrected chi connectivity index (χ2v) is 8.37. The Balaban J connectivity index is 1.31. The summed E-state index contributed by atoms with van der Waals surface area (Å²) in [5.74, 6) is 0.303. The average molecular weight is 450 g/mol. The predicted octanol–water partition coefficient (Wildman–Crippen LogP) is 2.32. The number of nitrogens with zero attached hydrogens (tertiary/aromatic N) is 3. The number of benzene rings is 1. The van der Waals surface area contributed by atoms with Gasteiger partial charge in [-0.3, -0.25) is 9.55 Å². The standard InChI is InChI=1S/C25H27N3O5/c29-23(19-2-1-8-26-14-19)6-4-17-3-5-21-18(12-17)7-9-28-22(21)13-24(27-25(28)30)33-16-20-15-31-10-11-32-20/h1-3,5,8,12-14,20,23,29H,4,6-7,9-11,15-16H2. The minimum atomic E-state index is -0.543. The van der Waals surface area contributed by atoms with E-state index in [1.807, 2.05) is 24.3 Å². The highest BCUT2D eigenvalue weighted by molar-refractivity contribution is 5.67. The monoisotopic (exact) mass is 449 g/mol. The molecule has 0 aliphatic carbocycles. The molecule has 2 aromatic heterocycles. The van der Waals surface area contributed by atoms with E-state index < -0.39 is 6.10 Å². The van der Waals surface area contributed by atoms with Crippen molar-refractivity contribution in [1.29, 1.82) is 0 Å². The van der Waals surface area contributed by atoms with Gasteiger partial charge < -0.3 is 19.3 Å². The Morgan fingerprint density at radius 2 is 2.18 bits per heavy atom. The fourth-order valence-corrected chi connectivity index (χ4v) is 4.34. The summed E-state index contributed by atoms with van der Waals surface area (Å²) in [5, 5.41) is 10.4. The van der Waals surface area contributed by atoms with Gasteiger partial charge in [0.2, 0.25) is 5.88 Å². The molecule has 0 spiro atoms. The van der Waals surface area contributed by atoms with Crippen molar-refractivity contribution in [3.8, 4) is 17.1 Å². The van der Waals surface area contributed by atoms with Gasteiger partial charge in [0.05, 0.1) is 31.6 Å². The summed E-state index contributed by atoms with van der Waals surface area (Å²) < 4.78 is 18.5. The van der Waals surface area contributed by atoms with Gasteiger partial charge in [0.15, 0.2) is 0 Å². The van der Waals surface area contributed by atoms with Gasteiger partial charge in [-0.1, -0.05) is 24.3 Å². The van der Waals surface area contributed by atoms with Crippen LogP contribution in [0.1, 0.15) is 29.2 Å². The quantitative estimate of drug-likeness (QED) is 0.591. The van der Waals surface area contributed by atoms with Crippen molar-refractivity contribution in [3.63, 3.8) is 0 Å². The number of rotatable bonds is 7. The Kier molecular flexibility index (Phi) is 6.48. The summed E-state index contributed by atoms with van der Waals surface area (Å²) in [4.78, 5) is 20.8. The number of pyridine rings is 1. The molecule has 0 bridgehead atoms. The summed E-state index contributed by atoms with van der Waals surface area (Å²) in [6.45, 7) is 2.49. The van der Waals surface area contributed by atoms with Crippen LogP contribution in [0.3, 0.4) is 0 Å². The first-order chi connectivity index (χ1) is 16.2. The third kappa shape index (κ3) is 4.98. The van der Waals surface area contributed by atoms with Crippen LogP contribution in [0.2, 0.25) is 0 Å². The van der Waals surface area contributed by atoms with E-state index in [1.165, 1.54) is 5.56 Å². The zero-order valence-corrected chi connectivity index (χ0v) is 18.4. The van der Waals surface area contributed by atoms with E-state index in [0.29, 0.717) is 45.3 Å². The minimum Gasteiger partial charge on any atom is -0.475 e. The van der Waals surface area contributed by atoms with E-state index in [-0.39, 0.29) is 11.8 Å². The van der Waals surface area contributed by atoms with Gasteiger partial charge in [0.25, 0.3) is 0 Å². The number of hydrogen-bond acceptors (Lipinski definition) is 7. The van der Waals surface area contributed by atoms with Gasteiger partial charge in [-0.2, -0.15) is 4.98 Å². The lowest BCUT2D eigenvalue weighted by Gasteiger charge is -2.24. The molecular weight excluding hydrogens is 422 g/mol. The van der Waals surface area contributed by atoms with Crippen LogP contribution in [0.15, 0.2) is 53.6 Å². The van der Waals surface area contributed by atoms with Gasteiger partial charge in [0.1, 0.15) is 12.7 Å². The molecule has 3 aromatic rings. The van der Waals surface area contributed by atoms with E-state index >= 15 is 0 Å². The number of ether oxygens (including phenoxy) is 3. The largest absolute Gasteiger partial charge is 0.475 e. The number of aryl methyl sites for hydroxylation is 2. The van der Waals surface area contributed by atoms with Gasteiger partial charge in [-0.25, -0.2) is 4.79 Å². The molecule has 5 rings (SSSR count). The Bertz CT molecular complexity index is 1160. The maximum atomic E-state index is 12.6. The molecule has 1 N–H and O–H groups in total. The van der Waals surface area contributed by atoms with Crippen LogP contribution in [0.25, 0.3) is 11.3 Å². The van der Waals surface area contributed by atoms with E-state index in [1.54, 1.807) is 17.0 Å². The van der Waals surface area contributed by atoms with Crippen LogP contribution in [0.5, 0.6) is 5.88 Å². The molecule has 172 valence electrons. The molecule has 2 unspecified atom stereocenters. The molecule has 1 fully saturated rings.